The second-order valence-electron chi connectivity index (χ2n) is 4.11. The van der Waals surface area contributed by atoms with Crippen molar-refractivity contribution in [1.29, 1.82) is 10.5 Å². The smallest absolute Gasteiger partial charge is 0.101 e. The van der Waals surface area contributed by atoms with E-state index in [-0.39, 0.29) is 0 Å². The minimum Gasteiger partial charge on any atom is -0.399 e. The van der Waals surface area contributed by atoms with Gasteiger partial charge in [0.05, 0.1) is 22.9 Å². The number of nitrogens with zero attached hydrogens (tertiary/aromatic N) is 3. The van der Waals surface area contributed by atoms with Crippen LogP contribution >= 0.6 is 0 Å². The molecular weight excluding hydrogens is 236 g/mol. The molecule has 19 heavy (non-hydrogen) atoms. The average molecular weight is 248 g/mol. The third kappa shape index (κ3) is 2.48. The summed E-state index contributed by atoms with van der Waals surface area (Å²) >= 11 is 0. The lowest BCUT2D eigenvalue weighted by molar-refractivity contribution is 1.20. The Morgan fingerprint density at radius 1 is 1.05 bits per heavy atom. The van der Waals surface area contributed by atoms with Gasteiger partial charge in [-0.15, -0.1) is 0 Å². The summed E-state index contributed by atoms with van der Waals surface area (Å²) in [6, 6.07) is 16.6. The molecule has 4 nitrogen and oxygen atoms in total. The van der Waals surface area contributed by atoms with Gasteiger partial charge in [-0.1, -0.05) is 6.07 Å². The summed E-state index contributed by atoms with van der Waals surface area (Å²) in [7, 11) is 1.85. The lowest BCUT2D eigenvalue weighted by atomic mass is 10.1. The zero-order chi connectivity index (χ0) is 13.8. The topological polar surface area (TPSA) is 76.8 Å². The quantitative estimate of drug-likeness (QED) is 0.829. The molecule has 2 rings (SSSR count). The predicted octanol–water partition coefficient (Wildman–Crippen LogP) is 2.78. The van der Waals surface area contributed by atoms with Crippen LogP contribution in [0.3, 0.4) is 0 Å². The molecule has 0 radical (unpaired) electrons. The Labute approximate surface area is 111 Å². The molecule has 0 saturated heterocycles. The molecule has 0 bridgehead atoms. The zero-order valence-electron chi connectivity index (χ0n) is 10.5. The second kappa shape index (κ2) is 5.12. The van der Waals surface area contributed by atoms with Crippen LogP contribution in [0.4, 0.5) is 17.1 Å². The first-order valence-corrected chi connectivity index (χ1v) is 5.69. The van der Waals surface area contributed by atoms with Gasteiger partial charge in [-0.25, -0.2) is 0 Å². The number of nitriles is 2. The van der Waals surface area contributed by atoms with E-state index in [9.17, 15) is 0 Å². The summed E-state index contributed by atoms with van der Waals surface area (Å²) in [6.45, 7) is 0. The first-order chi connectivity index (χ1) is 9.15. The van der Waals surface area contributed by atoms with Crippen LogP contribution in [0.5, 0.6) is 0 Å². The normalized spacial score (nSPS) is 9.42. The number of hydrogen-bond donors (Lipinski definition) is 1. The van der Waals surface area contributed by atoms with Gasteiger partial charge in [0.2, 0.25) is 0 Å². The zero-order valence-corrected chi connectivity index (χ0v) is 10.5. The summed E-state index contributed by atoms with van der Waals surface area (Å²) in [5, 5.41) is 18.1. The molecule has 4 heteroatoms. The van der Waals surface area contributed by atoms with Crippen molar-refractivity contribution in [1.82, 2.24) is 0 Å². The number of nitrogens with two attached hydrogens (primary N) is 1. The first-order valence-electron chi connectivity index (χ1n) is 5.69. The van der Waals surface area contributed by atoms with Gasteiger partial charge in [0.1, 0.15) is 6.07 Å². The van der Waals surface area contributed by atoms with Gasteiger partial charge < -0.3 is 10.6 Å². The van der Waals surface area contributed by atoms with Crippen molar-refractivity contribution < 1.29 is 0 Å². The Hall–Kier alpha value is -2.98. The van der Waals surface area contributed by atoms with E-state index in [0.29, 0.717) is 16.8 Å². The van der Waals surface area contributed by atoms with Crippen LogP contribution in [0.1, 0.15) is 11.1 Å². The lowest BCUT2D eigenvalue weighted by Crippen LogP contribution is -2.11. The summed E-state index contributed by atoms with van der Waals surface area (Å²) in [6.07, 6.45) is 0. The fourth-order valence-corrected chi connectivity index (χ4v) is 1.86. The summed E-state index contributed by atoms with van der Waals surface area (Å²) in [5.41, 5.74) is 8.92. The van der Waals surface area contributed by atoms with E-state index in [0.717, 1.165) is 11.4 Å². The van der Waals surface area contributed by atoms with Gasteiger partial charge in [0.25, 0.3) is 0 Å². The number of nitrogen functional groups attached to an aromatic ring is 1. The summed E-state index contributed by atoms with van der Waals surface area (Å²) in [5.74, 6) is 0. The SMILES string of the molecule is CN(c1cccc(C#N)c1)c1ccc(N)cc1C#N. The van der Waals surface area contributed by atoms with E-state index in [1.807, 2.05) is 24.1 Å². The molecule has 0 aromatic heterocycles. The molecule has 2 N–H and O–H groups in total. The van der Waals surface area contributed by atoms with Crippen molar-refractivity contribution >= 4 is 17.1 Å². The molecule has 92 valence electrons. The Kier molecular flexibility index (Phi) is 3.36. The summed E-state index contributed by atoms with van der Waals surface area (Å²) < 4.78 is 0. The number of benzene rings is 2. The van der Waals surface area contributed by atoms with Crippen LogP contribution in [0.25, 0.3) is 0 Å². The van der Waals surface area contributed by atoms with E-state index >= 15 is 0 Å². The van der Waals surface area contributed by atoms with Crippen molar-refractivity contribution in [2.24, 2.45) is 0 Å². The molecule has 0 heterocycles. The molecule has 0 unspecified atom stereocenters. The molecule has 2 aromatic rings. The number of rotatable bonds is 2. The number of anilines is 3. The highest BCUT2D eigenvalue weighted by atomic mass is 15.1. The van der Waals surface area contributed by atoms with E-state index in [2.05, 4.69) is 12.1 Å². The Morgan fingerprint density at radius 3 is 2.53 bits per heavy atom. The minimum absolute atomic E-state index is 0.505. The summed E-state index contributed by atoms with van der Waals surface area (Å²) in [4.78, 5) is 1.86. The Morgan fingerprint density at radius 2 is 1.84 bits per heavy atom. The third-order valence-corrected chi connectivity index (χ3v) is 2.86. The van der Waals surface area contributed by atoms with Gasteiger partial charge in [-0.2, -0.15) is 10.5 Å². The van der Waals surface area contributed by atoms with E-state index in [4.69, 9.17) is 16.3 Å². The second-order valence-corrected chi connectivity index (χ2v) is 4.11. The largest absolute Gasteiger partial charge is 0.399 e. The molecular formula is C15H12N4. The van der Waals surface area contributed by atoms with Crippen molar-refractivity contribution in [3.05, 3.63) is 53.6 Å². The highest BCUT2D eigenvalue weighted by Gasteiger charge is 2.10. The maximum Gasteiger partial charge on any atom is 0.101 e. The highest BCUT2D eigenvalue weighted by Crippen LogP contribution is 2.28. The average Bonchev–Trinajstić information content (AvgIpc) is 2.46. The van der Waals surface area contributed by atoms with Gasteiger partial charge in [0.15, 0.2) is 0 Å². The van der Waals surface area contributed by atoms with Crippen molar-refractivity contribution in [3.63, 3.8) is 0 Å². The molecule has 0 saturated carbocycles. The van der Waals surface area contributed by atoms with Crippen LogP contribution in [0.2, 0.25) is 0 Å². The van der Waals surface area contributed by atoms with E-state index in [1.165, 1.54) is 0 Å². The lowest BCUT2D eigenvalue weighted by Gasteiger charge is -2.21. The van der Waals surface area contributed by atoms with Crippen LogP contribution in [-0.2, 0) is 0 Å². The minimum atomic E-state index is 0.505. The molecule has 0 fully saturated rings. The fourth-order valence-electron chi connectivity index (χ4n) is 1.86. The first kappa shape index (κ1) is 12.5. The van der Waals surface area contributed by atoms with Crippen LogP contribution in [-0.4, -0.2) is 7.05 Å². The van der Waals surface area contributed by atoms with Gasteiger partial charge in [0, 0.05) is 18.4 Å². The molecule has 0 aliphatic carbocycles. The molecule has 0 aliphatic rings. The van der Waals surface area contributed by atoms with Crippen molar-refractivity contribution in [2.45, 2.75) is 0 Å². The number of hydrogen-bond acceptors (Lipinski definition) is 4. The fraction of sp³-hybridized carbons (Fsp3) is 0.0667. The van der Waals surface area contributed by atoms with Gasteiger partial charge in [-0.05, 0) is 36.4 Å². The molecule has 0 atom stereocenters. The van der Waals surface area contributed by atoms with E-state index < -0.39 is 0 Å². The van der Waals surface area contributed by atoms with Crippen molar-refractivity contribution in [3.8, 4) is 12.1 Å². The highest BCUT2D eigenvalue weighted by molar-refractivity contribution is 5.71. The molecule has 0 amide bonds. The Bertz CT molecular complexity index is 692. The molecule has 0 aliphatic heterocycles. The standard InChI is InChI=1S/C15H12N4/c1-19(14-4-2-3-11(7-14)9-16)15-6-5-13(18)8-12(15)10-17/h2-8H,18H2,1H3. The van der Waals surface area contributed by atoms with Crippen molar-refractivity contribution in [2.75, 3.05) is 17.7 Å². The maximum absolute atomic E-state index is 9.15. The van der Waals surface area contributed by atoms with E-state index in [1.54, 1.807) is 30.3 Å². The van der Waals surface area contributed by atoms with Gasteiger partial charge in [-0.3, -0.25) is 0 Å². The monoisotopic (exact) mass is 248 g/mol. The van der Waals surface area contributed by atoms with Gasteiger partial charge >= 0.3 is 0 Å². The molecule has 2 aromatic carbocycles. The maximum atomic E-state index is 9.15. The van der Waals surface area contributed by atoms with Crippen LogP contribution in [0, 0.1) is 22.7 Å². The van der Waals surface area contributed by atoms with Crippen LogP contribution < -0.4 is 10.6 Å². The molecule has 0 spiro atoms. The Balaban J connectivity index is 2.47. The van der Waals surface area contributed by atoms with Crippen LogP contribution in [0.15, 0.2) is 42.5 Å². The third-order valence-electron chi connectivity index (χ3n) is 2.86. The predicted molar refractivity (Wildman–Crippen MR) is 74.8 cm³/mol.